The van der Waals surface area contributed by atoms with Crippen molar-refractivity contribution in [3.05, 3.63) is 36.0 Å². The molecule has 0 bridgehead atoms. The standard InChI is InChI=1S/C13H16N2OS/c1-9(14)7-17-8-10-4-5-12(16)13-11(10)3-2-6-15-13/h2-6,9,16H,7-8,14H2,1H3/t9-/m1/s1. The molecule has 1 heterocycles. The predicted octanol–water partition coefficient (Wildman–Crippen LogP) is 2.52. The van der Waals surface area contributed by atoms with Crippen LogP contribution in [-0.4, -0.2) is 21.9 Å². The van der Waals surface area contributed by atoms with Gasteiger partial charge in [0.15, 0.2) is 0 Å². The summed E-state index contributed by atoms with van der Waals surface area (Å²) in [5.41, 5.74) is 7.58. The van der Waals surface area contributed by atoms with Gasteiger partial charge < -0.3 is 10.8 Å². The molecule has 0 aliphatic carbocycles. The Hall–Kier alpha value is -1.26. The maximum Gasteiger partial charge on any atom is 0.141 e. The molecule has 0 radical (unpaired) electrons. The number of nitrogens with zero attached hydrogens (tertiary/aromatic N) is 1. The number of thioether (sulfide) groups is 1. The normalized spacial score (nSPS) is 12.8. The number of hydrogen-bond acceptors (Lipinski definition) is 4. The number of phenols is 1. The van der Waals surface area contributed by atoms with Crippen LogP contribution in [0.15, 0.2) is 30.5 Å². The Morgan fingerprint density at radius 3 is 3.00 bits per heavy atom. The van der Waals surface area contributed by atoms with Gasteiger partial charge in [-0.2, -0.15) is 11.8 Å². The minimum absolute atomic E-state index is 0.210. The summed E-state index contributed by atoms with van der Waals surface area (Å²) >= 11 is 1.80. The number of nitrogens with two attached hydrogens (primary N) is 1. The zero-order chi connectivity index (χ0) is 12.3. The molecule has 2 aromatic rings. The summed E-state index contributed by atoms with van der Waals surface area (Å²) in [5.74, 6) is 2.06. The zero-order valence-corrected chi connectivity index (χ0v) is 10.6. The maximum atomic E-state index is 9.72. The summed E-state index contributed by atoms with van der Waals surface area (Å²) in [6.07, 6.45) is 1.70. The summed E-state index contributed by atoms with van der Waals surface area (Å²) in [7, 11) is 0. The molecular formula is C13H16N2OS. The number of hydrogen-bond donors (Lipinski definition) is 2. The molecule has 0 fully saturated rings. The number of aromatic hydroxyl groups is 1. The highest BCUT2D eigenvalue weighted by molar-refractivity contribution is 7.98. The fraction of sp³-hybridized carbons (Fsp3) is 0.308. The minimum Gasteiger partial charge on any atom is -0.506 e. The van der Waals surface area contributed by atoms with Crippen LogP contribution in [0.2, 0.25) is 0 Å². The van der Waals surface area contributed by atoms with Crippen molar-refractivity contribution in [2.45, 2.75) is 18.7 Å². The Bertz CT molecular complexity index is 514. The Balaban J connectivity index is 2.26. The van der Waals surface area contributed by atoms with Crippen molar-refractivity contribution in [1.82, 2.24) is 4.98 Å². The third-order valence-corrected chi connectivity index (χ3v) is 3.75. The molecule has 0 spiro atoms. The first-order valence-corrected chi connectivity index (χ1v) is 6.73. The molecule has 0 saturated carbocycles. The molecule has 2 rings (SSSR count). The average Bonchev–Trinajstić information content (AvgIpc) is 2.32. The molecular weight excluding hydrogens is 232 g/mol. The van der Waals surface area contributed by atoms with E-state index in [0.29, 0.717) is 5.52 Å². The molecule has 17 heavy (non-hydrogen) atoms. The Morgan fingerprint density at radius 2 is 2.24 bits per heavy atom. The third kappa shape index (κ3) is 2.90. The molecule has 90 valence electrons. The van der Waals surface area contributed by atoms with Crippen molar-refractivity contribution in [3.8, 4) is 5.75 Å². The molecule has 3 nitrogen and oxygen atoms in total. The van der Waals surface area contributed by atoms with E-state index >= 15 is 0 Å². The fourth-order valence-corrected chi connectivity index (χ4v) is 2.66. The van der Waals surface area contributed by atoms with Gasteiger partial charge in [0.1, 0.15) is 11.3 Å². The second-order valence-electron chi connectivity index (χ2n) is 4.14. The van der Waals surface area contributed by atoms with Gasteiger partial charge in [0.05, 0.1) is 0 Å². The first kappa shape index (κ1) is 12.2. The number of benzene rings is 1. The first-order valence-electron chi connectivity index (χ1n) is 5.57. The van der Waals surface area contributed by atoms with Crippen LogP contribution in [0.4, 0.5) is 0 Å². The van der Waals surface area contributed by atoms with Crippen molar-refractivity contribution in [1.29, 1.82) is 0 Å². The van der Waals surface area contributed by atoms with Gasteiger partial charge in [-0.3, -0.25) is 4.98 Å². The Labute approximate surface area is 105 Å². The van der Waals surface area contributed by atoms with E-state index in [4.69, 9.17) is 5.73 Å². The lowest BCUT2D eigenvalue weighted by atomic mass is 10.1. The van der Waals surface area contributed by atoms with Crippen molar-refractivity contribution in [2.24, 2.45) is 5.73 Å². The summed E-state index contributed by atoms with van der Waals surface area (Å²) in [6.45, 7) is 2.00. The number of pyridine rings is 1. The summed E-state index contributed by atoms with van der Waals surface area (Å²) < 4.78 is 0. The minimum atomic E-state index is 0.210. The molecule has 0 amide bonds. The summed E-state index contributed by atoms with van der Waals surface area (Å²) in [4.78, 5) is 4.20. The molecule has 1 aromatic carbocycles. The van der Waals surface area contributed by atoms with Crippen molar-refractivity contribution in [3.63, 3.8) is 0 Å². The van der Waals surface area contributed by atoms with Crippen LogP contribution in [-0.2, 0) is 5.75 Å². The van der Waals surface area contributed by atoms with Crippen molar-refractivity contribution < 1.29 is 5.11 Å². The fourth-order valence-electron chi connectivity index (χ4n) is 1.70. The van der Waals surface area contributed by atoms with Gasteiger partial charge in [-0.25, -0.2) is 0 Å². The van der Waals surface area contributed by atoms with Gasteiger partial charge in [-0.05, 0) is 24.6 Å². The number of rotatable bonds is 4. The van der Waals surface area contributed by atoms with Crippen LogP contribution in [0.3, 0.4) is 0 Å². The molecule has 0 saturated heterocycles. The monoisotopic (exact) mass is 248 g/mol. The maximum absolute atomic E-state index is 9.72. The lowest BCUT2D eigenvalue weighted by Gasteiger charge is -2.08. The Morgan fingerprint density at radius 1 is 1.41 bits per heavy atom. The topological polar surface area (TPSA) is 59.1 Å². The van der Waals surface area contributed by atoms with Crippen LogP contribution in [0.5, 0.6) is 5.75 Å². The van der Waals surface area contributed by atoms with Gasteiger partial charge in [-0.15, -0.1) is 0 Å². The van der Waals surface area contributed by atoms with Crippen LogP contribution in [0.25, 0.3) is 10.9 Å². The van der Waals surface area contributed by atoms with E-state index in [1.165, 1.54) is 5.56 Å². The Kier molecular flexibility index (Phi) is 3.86. The highest BCUT2D eigenvalue weighted by Gasteiger charge is 2.06. The highest BCUT2D eigenvalue weighted by Crippen LogP contribution is 2.27. The van der Waals surface area contributed by atoms with E-state index in [2.05, 4.69) is 4.98 Å². The highest BCUT2D eigenvalue weighted by atomic mass is 32.2. The lowest BCUT2D eigenvalue weighted by molar-refractivity contribution is 0.480. The smallest absolute Gasteiger partial charge is 0.141 e. The van der Waals surface area contributed by atoms with Gasteiger partial charge in [0.2, 0.25) is 0 Å². The lowest BCUT2D eigenvalue weighted by Crippen LogP contribution is -2.17. The van der Waals surface area contributed by atoms with E-state index in [-0.39, 0.29) is 11.8 Å². The van der Waals surface area contributed by atoms with Crippen LogP contribution in [0, 0.1) is 0 Å². The summed E-state index contributed by atoms with van der Waals surface area (Å²) in [6, 6.07) is 7.75. The van der Waals surface area contributed by atoms with E-state index < -0.39 is 0 Å². The van der Waals surface area contributed by atoms with Crippen molar-refractivity contribution >= 4 is 22.7 Å². The quantitative estimate of drug-likeness (QED) is 0.873. The summed E-state index contributed by atoms with van der Waals surface area (Å²) in [5, 5.41) is 10.7. The van der Waals surface area contributed by atoms with Gasteiger partial charge in [0, 0.05) is 29.1 Å². The third-order valence-electron chi connectivity index (χ3n) is 2.48. The second-order valence-corrected chi connectivity index (χ2v) is 5.17. The first-order chi connectivity index (χ1) is 8.18. The van der Waals surface area contributed by atoms with Crippen LogP contribution < -0.4 is 5.73 Å². The van der Waals surface area contributed by atoms with E-state index in [9.17, 15) is 5.11 Å². The van der Waals surface area contributed by atoms with Gasteiger partial charge in [-0.1, -0.05) is 12.1 Å². The van der Waals surface area contributed by atoms with E-state index in [1.54, 1.807) is 24.0 Å². The van der Waals surface area contributed by atoms with Gasteiger partial charge >= 0.3 is 0 Å². The molecule has 1 aromatic heterocycles. The largest absolute Gasteiger partial charge is 0.506 e. The predicted molar refractivity (Wildman–Crippen MR) is 73.2 cm³/mol. The average molecular weight is 248 g/mol. The van der Waals surface area contributed by atoms with Crippen LogP contribution >= 0.6 is 11.8 Å². The molecule has 4 heteroatoms. The van der Waals surface area contributed by atoms with Crippen molar-refractivity contribution in [2.75, 3.05) is 5.75 Å². The molecule has 1 atom stereocenters. The molecule has 3 N–H and O–H groups in total. The number of aromatic nitrogens is 1. The van der Waals surface area contributed by atoms with E-state index in [0.717, 1.165) is 16.9 Å². The van der Waals surface area contributed by atoms with Crippen LogP contribution in [0.1, 0.15) is 12.5 Å². The number of phenolic OH excluding ortho intramolecular Hbond substituents is 1. The molecule has 0 unspecified atom stereocenters. The molecule has 0 aliphatic rings. The second kappa shape index (κ2) is 5.38. The van der Waals surface area contributed by atoms with E-state index in [1.807, 2.05) is 25.1 Å². The zero-order valence-electron chi connectivity index (χ0n) is 9.76. The SMILES string of the molecule is C[C@@H](N)CSCc1ccc(O)c2ncccc12. The van der Waals surface area contributed by atoms with Gasteiger partial charge in [0.25, 0.3) is 0 Å². The molecule has 0 aliphatic heterocycles. The number of fused-ring (bicyclic) bond motifs is 1.